The van der Waals surface area contributed by atoms with E-state index in [1.165, 1.54) is 16.8 Å². The standard InChI is InChI=1S/C21H23N7O3/c1-14-4-2-3-7-26(14)18-6-5-15(11-19(18)28(30)31)10-16(12-22)20-17(13-23)21(24)27(25-20)8-9-29/h5-6,10-11,14,29H,2-4,7-9,24H2,1H3/b16-10+/t14-/m0/s1. The molecule has 2 aromatic rings. The van der Waals surface area contributed by atoms with Gasteiger partial charge in [-0.15, -0.1) is 0 Å². The average molecular weight is 421 g/mol. The summed E-state index contributed by atoms with van der Waals surface area (Å²) >= 11 is 0. The number of aromatic nitrogens is 2. The number of nitro groups is 1. The fourth-order valence-electron chi connectivity index (χ4n) is 3.83. The van der Waals surface area contributed by atoms with Crippen molar-refractivity contribution in [2.75, 3.05) is 23.8 Å². The Hall–Kier alpha value is -3.89. The summed E-state index contributed by atoms with van der Waals surface area (Å²) in [6, 6.07) is 8.97. The van der Waals surface area contributed by atoms with Crippen LogP contribution in [0.1, 0.15) is 43.0 Å². The van der Waals surface area contributed by atoms with Gasteiger partial charge in [0.05, 0.1) is 23.6 Å². The van der Waals surface area contributed by atoms with E-state index in [2.05, 4.69) is 12.0 Å². The lowest BCUT2D eigenvalue weighted by Crippen LogP contribution is -2.37. The molecule has 1 atom stereocenters. The highest BCUT2D eigenvalue weighted by Crippen LogP contribution is 2.35. The molecule has 0 bridgehead atoms. The van der Waals surface area contributed by atoms with E-state index in [4.69, 9.17) is 10.8 Å². The number of hydrogen-bond acceptors (Lipinski definition) is 8. The Labute approximate surface area is 179 Å². The number of nitrogen functional groups attached to an aromatic ring is 1. The second-order valence-electron chi connectivity index (χ2n) is 7.38. The summed E-state index contributed by atoms with van der Waals surface area (Å²) < 4.78 is 1.25. The number of hydrogen-bond donors (Lipinski definition) is 2. The molecule has 3 rings (SSSR count). The molecule has 2 heterocycles. The Morgan fingerprint density at radius 1 is 1.45 bits per heavy atom. The van der Waals surface area contributed by atoms with Crippen molar-refractivity contribution >= 4 is 28.8 Å². The highest BCUT2D eigenvalue weighted by Gasteiger charge is 2.26. The van der Waals surface area contributed by atoms with Gasteiger partial charge in [-0.25, -0.2) is 4.68 Å². The number of aliphatic hydroxyl groups excluding tert-OH is 1. The van der Waals surface area contributed by atoms with E-state index in [-0.39, 0.29) is 47.5 Å². The maximum absolute atomic E-state index is 11.8. The molecule has 1 aromatic heterocycles. The number of aliphatic hydroxyl groups is 1. The van der Waals surface area contributed by atoms with Crippen LogP contribution in [0.15, 0.2) is 18.2 Å². The van der Waals surface area contributed by atoms with Gasteiger partial charge >= 0.3 is 0 Å². The van der Waals surface area contributed by atoms with Crippen molar-refractivity contribution in [1.29, 1.82) is 10.5 Å². The van der Waals surface area contributed by atoms with Gasteiger partial charge in [-0.2, -0.15) is 15.6 Å². The van der Waals surface area contributed by atoms with Crippen molar-refractivity contribution in [2.24, 2.45) is 0 Å². The first kappa shape index (κ1) is 21.8. The molecule has 160 valence electrons. The molecule has 1 saturated heterocycles. The molecule has 0 spiro atoms. The van der Waals surface area contributed by atoms with Crippen LogP contribution in [0.5, 0.6) is 0 Å². The summed E-state index contributed by atoms with van der Waals surface area (Å²) in [4.78, 5) is 13.4. The largest absolute Gasteiger partial charge is 0.394 e. The molecule has 3 N–H and O–H groups in total. The topological polar surface area (TPSA) is 158 Å². The molecule has 31 heavy (non-hydrogen) atoms. The lowest BCUT2D eigenvalue weighted by atomic mass is 10.0. The van der Waals surface area contributed by atoms with Crippen LogP contribution in [0, 0.1) is 32.8 Å². The number of nitriles is 2. The van der Waals surface area contributed by atoms with Gasteiger partial charge in [0, 0.05) is 18.7 Å². The van der Waals surface area contributed by atoms with Crippen LogP contribution in [-0.4, -0.2) is 39.0 Å². The molecule has 1 aliphatic rings. The molecule has 0 amide bonds. The van der Waals surface area contributed by atoms with Crippen molar-refractivity contribution in [2.45, 2.75) is 38.8 Å². The van der Waals surface area contributed by atoms with E-state index in [0.717, 1.165) is 25.8 Å². The number of nitrogens with zero attached hydrogens (tertiary/aromatic N) is 6. The van der Waals surface area contributed by atoms with Crippen LogP contribution in [-0.2, 0) is 6.54 Å². The van der Waals surface area contributed by atoms with Crippen molar-refractivity contribution in [1.82, 2.24) is 9.78 Å². The van der Waals surface area contributed by atoms with E-state index in [9.17, 15) is 20.6 Å². The Bertz CT molecular complexity index is 1110. The van der Waals surface area contributed by atoms with Crippen LogP contribution in [0.2, 0.25) is 0 Å². The van der Waals surface area contributed by atoms with Gasteiger partial charge in [0.2, 0.25) is 0 Å². The fraction of sp³-hybridized carbons (Fsp3) is 0.381. The van der Waals surface area contributed by atoms with Gasteiger partial charge < -0.3 is 15.7 Å². The predicted molar refractivity (Wildman–Crippen MR) is 116 cm³/mol. The molecule has 0 saturated carbocycles. The molecule has 1 aromatic carbocycles. The summed E-state index contributed by atoms with van der Waals surface area (Å²) in [6.45, 7) is 2.66. The highest BCUT2D eigenvalue weighted by atomic mass is 16.6. The zero-order chi connectivity index (χ0) is 22.5. The van der Waals surface area contributed by atoms with E-state index in [0.29, 0.717) is 11.3 Å². The van der Waals surface area contributed by atoms with Crippen LogP contribution in [0.25, 0.3) is 11.6 Å². The van der Waals surface area contributed by atoms with E-state index < -0.39 is 4.92 Å². The quantitative estimate of drug-likeness (QED) is 0.409. The molecule has 0 aliphatic carbocycles. The molecule has 10 heteroatoms. The van der Waals surface area contributed by atoms with Crippen LogP contribution in [0.3, 0.4) is 0 Å². The van der Waals surface area contributed by atoms with Crippen molar-refractivity contribution < 1.29 is 10.0 Å². The maximum atomic E-state index is 11.8. The lowest BCUT2D eigenvalue weighted by molar-refractivity contribution is -0.384. The summed E-state index contributed by atoms with van der Waals surface area (Å²) in [5.74, 6) is 0.0492. The Morgan fingerprint density at radius 2 is 2.23 bits per heavy atom. The number of benzene rings is 1. The minimum Gasteiger partial charge on any atom is -0.394 e. The minimum atomic E-state index is -0.422. The monoisotopic (exact) mass is 421 g/mol. The summed E-state index contributed by atoms with van der Waals surface area (Å²) in [7, 11) is 0. The van der Waals surface area contributed by atoms with Gasteiger partial charge in [0.15, 0.2) is 0 Å². The van der Waals surface area contributed by atoms with Gasteiger partial charge in [-0.1, -0.05) is 6.07 Å². The minimum absolute atomic E-state index is 0.0227. The number of nitro benzene ring substituents is 1. The fourth-order valence-corrected chi connectivity index (χ4v) is 3.83. The van der Waals surface area contributed by atoms with Gasteiger partial charge in [0.25, 0.3) is 5.69 Å². The van der Waals surface area contributed by atoms with Crippen molar-refractivity contribution in [3.63, 3.8) is 0 Å². The third-order valence-corrected chi connectivity index (χ3v) is 5.41. The van der Waals surface area contributed by atoms with E-state index in [1.807, 2.05) is 17.0 Å². The number of anilines is 2. The summed E-state index contributed by atoms with van der Waals surface area (Å²) in [5, 5.41) is 44.2. The maximum Gasteiger partial charge on any atom is 0.293 e. The zero-order valence-corrected chi connectivity index (χ0v) is 17.2. The average Bonchev–Trinajstić information content (AvgIpc) is 3.07. The van der Waals surface area contributed by atoms with Crippen LogP contribution < -0.4 is 10.6 Å². The molecule has 1 fully saturated rings. The van der Waals surface area contributed by atoms with Crippen LogP contribution in [0.4, 0.5) is 17.2 Å². The second-order valence-corrected chi connectivity index (χ2v) is 7.38. The number of allylic oxidation sites excluding steroid dienone is 1. The zero-order valence-electron chi connectivity index (χ0n) is 17.2. The normalized spacial score (nSPS) is 16.6. The van der Waals surface area contributed by atoms with Gasteiger partial charge in [-0.05, 0) is 43.9 Å². The number of nitrogens with two attached hydrogens (primary N) is 1. The summed E-state index contributed by atoms with van der Waals surface area (Å²) in [5.41, 5.74) is 7.01. The van der Waals surface area contributed by atoms with Crippen molar-refractivity contribution in [3.05, 3.63) is 45.1 Å². The van der Waals surface area contributed by atoms with E-state index in [1.54, 1.807) is 12.1 Å². The Balaban J connectivity index is 2.05. The van der Waals surface area contributed by atoms with Gasteiger partial charge in [0.1, 0.15) is 34.9 Å². The van der Waals surface area contributed by atoms with E-state index >= 15 is 0 Å². The molecule has 0 unspecified atom stereocenters. The van der Waals surface area contributed by atoms with Gasteiger partial charge in [-0.3, -0.25) is 10.1 Å². The smallest absolute Gasteiger partial charge is 0.293 e. The van der Waals surface area contributed by atoms with Crippen LogP contribution >= 0.6 is 0 Å². The SMILES string of the molecule is C[C@H]1CCCCN1c1ccc(/C=C(\C#N)c2nn(CCO)c(N)c2C#N)cc1[N+](=O)[O-]. The number of rotatable bonds is 6. The third kappa shape index (κ3) is 4.34. The Morgan fingerprint density at radius 3 is 2.84 bits per heavy atom. The molecule has 1 aliphatic heterocycles. The first-order chi connectivity index (χ1) is 14.9. The number of piperidine rings is 1. The molecule has 10 nitrogen and oxygen atoms in total. The first-order valence-corrected chi connectivity index (χ1v) is 9.95. The summed E-state index contributed by atoms with van der Waals surface area (Å²) in [6.07, 6.45) is 4.51. The second kappa shape index (κ2) is 9.28. The van der Waals surface area contributed by atoms with Crippen molar-refractivity contribution in [3.8, 4) is 12.1 Å². The molecule has 0 radical (unpaired) electrons. The molecular weight excluding hydrogens is 398 g/mol. The molecular formula is C21H23N7O3. The third-order valence-electron chi connectivity index (χ3n) is 5.41. The lowest BCUT2D eigenvalue weighted by Gasteiger charge is -2.35. The first-order valence-electron chi connectivity index (χ1n) is 9.95. The highest BCUT2D eigenvalue weighted by molar-refractivity contribution is 5.92. The Kier molecular flexibility index (Phi) is 6.53. The predicted octanol–water partition coefficient (Wildman–Crippen LogP) is 2.68.